The van der Waals surface area contributed by atoms with Crippen LogP contribution in [0, 0.1) is 0 Å². The first-order chi connectivity index (χ1) is 11.0. The lowest BCUT2D eigenvalue weighted by Crippen LogP contribution is -2.32. The number of fused-ring (bicyclic) bond motifs is 3. The van der Waals surface area contributed by atoms with Crippen molar-refractivity contribution in [3.05, 3.63) is 26.6 Å². The molecule has 0 aliphatic heterocycles. The fraction of sp³-hybridized carbons (Fsp3) is 0.647. The number of likely N-dealkylation sites (N-methyl/N-ethyl adjacent to an activating group) is 1. The second kappa shape index (κ2) is 6.71. The molecule has 0 aromatic carbocycles. The zero-order valence-electron chi connectivity index (χ0n) is 14.6. The molecule has 0 saturated heterocycles. The van der Waals surface area contributed by atoms with Gasteiger partial charge in [0.2, 0.25) is 0 Å². The molecule has 0 N–H and O–H groups in total. The second-order valence-corrected chi connectivity index (χ2v) is 8.00. The topological polar surface area (TPSA) is 41.4 Å². The van der Waals surface area contributed by atoms with Crippen LogP contribution in [0.5, 0.6) is 0 Å². The maximum absolute atomic E-state index is 13.2. The summed E-state index contributed by atoms with van der Waals surface area (Å²) in [5.74, 6) is 0.882. The average Bonchev–Trinajstić information content (AvgIpc) is 2.84. The van der Waals surface area contributed by atoms with Gasteiger partial charge in [0.15, 0.2) is 0 Å². The van der Waals surface area contributed by atoms with E-state index in [0.29, 0.717) is 13.1 Å². The van der Waals surface area contributed by atoms with E-state index in [1.54, 1.807) is 11.3 Å². The Balaban J connectivity index is 2.15. The van der Waals surface area contributed by atoms with E-state index < -0.39 is 0 Å². The molecule has 0 bridgehead atoms. The lowest BCUT2D eigenvalue weighted by Gasteiger charge is -2.18. The van der Waals surface area contributed by atoms with Gasteiger partial charge >= 0.3 is 0 Å². The highest BCUT2D eigenvalue weighted by atomic mass is 32.1. The van der Waals surface area contributed by atoms with Crippen LogP contribution in [0.3, 0.4) is 0 Å². The molecule has 5 nitrogen and oxygen atoms in total. The van der Waals surface area contributed by atoms with Crippen LogP contribution in [0.4, 0.5) is 0 Å². The first-order valence-electron chi connectivity index (χ1n) is 8.30. The zero-order valence-corrected chi connectivity index (χ0v) is 15.4. The van der Waals surface area contributed by atoms with Gasteiger partial charge in [-0.3, -0.25) is 9.36 Å². The SMILES string of the molecule is CN(C)CCn1c(CN(C)C)nc2sc3c(c2c1=O)CCCC3. The van der Waals surface area contributed by atoms with Gasteiger partial charge in [0.25, 0.3) is 5.56 Å². The number of aryl methyl sites for hydroxylation is 2. The van der Waals surface area contributed by atoms with E-state index in [-0.39, 0.29) is 5.56 Å². The predicted octanol–water partition coefficient (Wildman–Crippen LogP) is 1.96. The number of thiophene rings is 1. The van der Waals surface area contributed by atoms with Gasteiger partial charge in [-0.05, 0) is 59.4 Å². The van der Waals surface area contributed by atoms with E-state index in [2.05, 4.69) is 9.80 Å². The summed E-state index contributed by atoms with van der Waals surface area (Å²) >= 11 is 1.73. The van der Waals surface area contributed by atoms with Crippen molar-refractivity contribution < 1.29 is 0 Å². The smallest absolute Gasteiger partial charge is 0.262 e. The Morgan fingerprint density at radius 2 is 1.87 bits per heavy atom. The molecule has 0 spiro atoms. The van der Waals surface area contributed by atoms with Crippen LogP contribution in [-0.4, -0.2) is 54.1 Å². The van der Waals surface area contributed by atoms with Crippen LogP contribution < -0.4 is 5.56 Å². The van der Waals surface area contributed by atoms with Crippen LogP contribution in [0.25, 0.3) is 10.2 Å². The molecule has 0 unspecified atom stereocenters. The van der Waals surface area contributed by atoms with Crippen LogP contribution >= 0.6 is 11.3 Å². The maximum Gasteiger partial charge on any atom is 0.262 e. The summed E-state index contributed by atoms with van der Waals surface area (Å²) in [7, 11) is 8.11. The van der Waals surface area contributed by atoms with E-state index in [1.165, 1.54) is 23.3 Å². The highest BCUT2D eigenvalue weighted by molar-refractivity contribution is 7.18. The van der Waals surface area contributed by atoms with Gasteiger partial charge in [-0.1, -0.05) is 0 Å². The summed E-state index contributed by atoms with van der Waals surface area (Å²) in [4.78, 5) is 24.6. The molecular weight excluding hydrogens is 308 g/mol. The van der Waals surface area contributed by atoms with Gasteiger partial charge in [-0.15, -0.1) is 11.3 Å². The summed E-state index contributed by atoms with van der Waals surface area (Å²) in [6, 6.07) is 0. The molecule has 2 aromatic rings. The second-order valence-electron chi connectivity index (χ2n) is 6.92. The molecule has 2 aromatic heterocycles. The van der Waals surface area contributed by atoms with Crippen molar-refractivity contribution in [3.8, 4) is 0 Å². The quantitative estimate of drug-likeness (QED) is 0.838. The molecule has 0 atom stereocenters. The Bertz CT molecular complexity index is 760. The summed E-state index contributed by atoms with van der Waals surface area (Å²) in [6.07, 6.45) is 4.57. The third-order valence-corrected chi connectivity index (χ3v) is 5.57. The van der Waals surface area contributed by atoms with Crippen LogP contribution in [0.1, 0.15) is 29.1 Å². The van der Waals surface area contributed by atoms with E-state index >= 15 is 0 Å². The van der Waals surface area contributed by atoms with Crippen molar-refractivity contribution in [2.45, 2.75) is 38.8 Å². The van der Waals surface area contributed by atoms with Crippen LogP contribution in [-0.2, 0) is 25.9 Å². The van der Waals surface area contributed by atoms with Crippen molar-refractivity contribution in [2.24, 2.45) is 0 Å². The Morgan fingerprint density at radius 1 is 1.13 bits per heavy atom. The normalized spacial score (nSPS) is 14.9. The van der Waals surface area contributed by atoms with E-state index in [9.17, 15) is 4.79 Å². The molecule has 6 heteroatoms. The minimum Gasteiger partial charge on any atom is -0.308 e. The molecule has 0 saturated carbocycles. The first kappa shape index (κ1) is 16.6. The van der Waals surface area contributed by atoms with Crippen molar-refractivity contribution in [2.75, 3.05) is 34.7 Å². The predicted molar refractivity (Wildman–Crippen MR) is 96.5 cm³/mol. The van der Waals surface area contributed by atoms with Gasteiger partial charge in [0, 0.05) is 18.0 Å². The first-order valence-corrected chi connectivity index (χ1v) is 9.12. The standard InChI is InChI=1S/C17H26N4OS/c1-19(2)9-10-21-14(11-20(3)4)18-16-15(17(21)22)12-7-5-6-8-13(12)23-16/h5-11H2,1-4H3. The van der Waals surface area contributed by atoms with Gasteiger partial charge < -0.3 is 9.80 Å². The van der Waals surface area contributed by atoms with E-state index in [4.69, 9.17) is 4.98 Å². The van der Waals surface area contributed by atoms with Gasteiger partial charge in [-0.2, -0.15) is 0 Å². The summed E-state index contributed by atoms with van der Waals surface area (Å²) in [5.41, 5.74) is 1.44. The minimum atomic E-state index is 0.160. The largest absolute Gasteiger partial charge is 0.308 e. The number of nitrogens with zero attached hydrogens (tertiary/aromatic N) is 4. The zero-order chi connectivity index (χ0) is 16.6. The molecule has 126 valence electrons. The number of aromatic nitrogens is 2. The van der Waals surface area contributed by atoms with Crippen molar-refractivity contribution >= 4 is 21.6 Å². The monoisotopic (exact) mass is 334 g/mol. The molecule has 1 aliphatic rings. The minimum absolute atomic E-state index is 0.160. The lowest BCUT2D eigenvalue weighted by atomic mass is 9.97. The number of hydrogen-bond donors (Lipinski definition) is 0. The van der Waals surface area contributed by atoms with Crippen molar-refractivity contribution in [1.29, 1.82) is 0 Å². The van der Waals surface area contributed by atoms with Gasteiger partial charge in [0.1, 0.15) is 10.7 Å². The highest BCUT2D eigenvalue weighted by Gasteiger charge is 2.22. The number of rotatable bonds is 5. The Labute approximate surface area is 141 Å². The molecule has 0 amide bonds. The lowest BCUT2D eigenvalue weighted by molar-refractivity contribution is 0.350. The summed E-state index contributed by atoms with van der Waals surface area (Å²) < 4.78 is 1.89. The molecular formula is C17H26N4OS. The summed E-state index contributed by atoms with van der Waals surface area (Å²) in [6.45, 7) is 2.24. The maximum atomic E-state index is 13.2. The highest BCUT2D eigenvalue weighted by Crippen LogP contribution is 2.33. The summed E-state index contributed by atoms with van der Waals surface area (Å²) in [5, 5.41) is 0.894. The van der Waals surface area contributed by atoms with Crippen molar-refractivity contribution in [3.63, 3.8) is 0 Å². The van der Waals surface area contributed by atoms with E-state index in [1.807, 2.05) is 32.8 Å². The molecule has 2 heterocycles. The Morgan fingerprint density at radius 3 is 2.57 bits per heavy atom. The fourth-order valence-electron chi connectivity index (χ4n) is 3.21. The van der Waals surface area contributed by atoms with Crippen LogP contribution in [0.2, 0.25) is 0 Å². The number of hydrogen-bond acceptors (Lipinski definition) is 5. The van der Waals surface area contributed by atoms with Crippen molar-refractivity contribution in [1.82, 2.24) is 19.4 Å². The van der Waals surface area contributed by atoms with E-state index in [0.717, 1.165) is 35.4 Å². The third-order valence-electron chi connectivity index (χ3n) is 4.38. The van der Waals surface area contributed by atoms with Gasteiger partial charge in [0.05, 0.1) is 11.9 Å². The molecule has 3 rings (SSSR count). The molecule has 0 radical (unpaired) electrons. The molecule has 0 fully saturated rings. The molecule has 23 heavy (non-hydrogen) atoms. The fourth-order valence-corrected chi connectivity index (χ4v) is 4.49. The third kappa shape index (κ3) is 3.34. The Kier molecular flexibility index (Phi) is 4.85. The molecule has 1 aliphatic carbocycles. The average molecular weight is 334 g/mol. The van der Waals surface area contributed by atoms with Crippen LogP contribution in [0.15, 0.2) is 4.79 Å². The van der Waals surface area contributed by atoms with Gasteiger partial charge in [-0.25, -0.2) is 4.98 Å². The Hall–Kier alpha value is -1.24.